The fourth-order valence-electron chi connectivity index (χ4n) is 13.6. The van der Waals surface area contributed by atoms with Gasteiger partial charge in [-0.15, -0.1) is 0 Å². The Kier molecular flexibility index (Phi) is 21.5. The van der Waals surface area contributed by atoms with Crippen molar-refractivity contribution in [1.82, 2.24) is 15.5 Å². The molecular weight excluding hydrogens is 903 g/mol. The van der Waals surface area contributed by atoms with Gasteiger partial charge in [-0.05, 0) is 183 Å². The number of rotatable bonds is 26. The van der Waals surface area contributed by atoms with Crippen LogP contribution < -0.4 is 15.4 Å². The van der Waals surface area contributed by atoms with Crippen molar-refractivity contribution in [3.8, 4) is 5.75 Å². The van der Waals surface area contributed by atoms with Crippen molar-refractivity contribution in [2.75, 3.05) is 20.2 Å². The van der Waals surface area contributed by atoms with Crippen LogP contribution >= 0.6 is 0 Å². The zero-order valence-corrected chi connectivity index (χ0v) is 47.6. The van der Waals surface area contributed by atoms with E-state index in [1.807, 2.05) is 77.6 Å². The Morgan fingerprint density at radius 3 is 2.11 bits per heavy atom. The summed E-state index contributed by atoms with van der Waals surface area (Å²) in [5, 5.41) is 6.00. The molecule has 0 bridgehead atoms. The smallest absolute Gasteiger partial charge is 0.408 e. The fourth-order valence-corrected chi connectivity index (χ4v) is 13.6. The molecule has 3 saturated carbocycles. The molecule has 3 fully saturated rings. The number of carbonyl (C=O) groups excluding carboxylic acids is 4. The first-order valence-electron chi connectivity index (χ1n) is 28.6. The van der Waals surface area contributed by atoms with Crippen molar-refractivity contribution in [1.29, 1.82) is 0 Å². The van der Waals surface area contributed by atoms with E-state index in [9.17, 15) is 19.2 Å². The van der Waals surface area contributed by atoms with E-state index in [1.54, 1.807) is 7.11 Å². The molecule has 4 aliphatic rings. The Morgan fingerprint density at radius 2 is 1.42 bits per heavy atom. The van der Waals surface area contributed by atoms with E-state index in [0.29, 0.717) is 31.3 Å². The van der Waals surface area contributed by atoms with Crippen molar-refractivity contribution in [3.05, 3.63) is 41.5 Å². The highest BCUT2D eigenvalue weighted by Gasteiger charge is 2.59. The molecule has 4 aliphatic carbocycles. The third-order valence-corrected chi connectivity index (χ3v) is 17.7. The lowest BCUT2D eigenvalue weighted by molar-refractivity contribution is -0.151. The van der Waals surface area contributed by atoms with Crippen LogP contribution in [0.25, 0.3) is 0 Å². The number of nitrogens with zero attached hydrogens (tertiary/aromatic N) is 1. The van der Waals surface area contributed by atoms with Crippen LogP contribution in [-0.2, 0) is 30.4 Å². The summed E-state index contributed by atoms with van der Waals surface area (Å²) in [6.45, 7) is 27.2. The number of methoxy groups -OCH3 is 1. The summed E-state index contributed by atoms with van der Waals surface area (Å²) in [5.41, 5.74) is 1.47. The van der Waals surface area contributed by atoms with Crippen LogP contribution in [0, 0.1) is 46.3 Å². The van der Waals surface area contributed by atoms with E-state index in [0.717, 1.165) is 105 Å². The number of nitrogens with one attached hydrogen (secondary N) is 2. The minimum absolute atomic E-state index is 0.0238. The topological polar surface area (TPSA) is 132 Å². The molecule has 1 aromatic rings. The van der Waals surface area contributed by atoms with Crippen LogP contribution in [0.15, 0.2) is 35.9 Å². The monoisotopic (exact) mass is 1000 g/mol. The van der Waals surface area contributed by atoms with Crippen LogP contribution in [-0.4, -0.2) is 71.9 Å². The third-order valence-electron chi connectivity index (χ3n) is 17.7. The zero-order chi connectivity index (χ0) is 52.9. The number of hydrogen-bond acceptors (Lipinski definition) is 8. The predicted octanol–water partition coefficient (Wildman–Crippen LogP) is 14.7. The number of benzene rings is 1. The van der Waals surface area contributed by atoms with E-state index >= 15 is 0 Å². The number of ether oxygens (including phenoxy) is 4. The number of alkyl carbamates (subject to hydrolysis) is 2. The maximum Gasteiger partial charge on any atom is 0.408 e. The summed E-state index contributed by atoms with van der Waals surface area (Å²) in [5.74, 6) is 5.38. The highest BCUT2D eigenvalue weighted by atomic mass is 16.6. The van der Waals surface area contributed by atoms with Crippen LogP contribution in [0.4, 0.5) is 9.59 Å². The Hall–Kier alpha value is -3.76. The quantitative estimate of drug-likeness (QED) is 0.0406. The van der Waals surface area contributed by atoms with Gasteiger partial charge in [-0.25, -0.2) is 9.59 Å². The highest BCUT2D eigenvalue weighted by molar-refractivity contribution is 5.77. The first kappa shape index (κ1) is 59.1. The zero-order valence-electron chi connectivity index (χ0n) is 47.6. The molecule has 408 valence electrons. The Labute approximate surface area is 437 Å². The van der Waals surface area contributed by atoms with Crippen molar-refractivity contribution in [3.63, 3.8) is 0 Å². The van der Waals surface area contributed by atoms with Gasteiger partial charge >= 0.3 is 18.2 Å². The summed E-state index contributed by atoms with van der Waals surface area (Å²) < 4.78 is 22.4. The summed E-state index contributed by atoms with van der Waals surface area (Å²) in [6, 6.07) is 7.45. The maximum atomic E-state index is 13.9. The van der Waals surface area contributed by atoms with Crippen LogP contribution in [0.1, 0.15) is 223 Å². The van der Waals surface area contributed by atoms with Gasteiger partial charge in [-0.1, -0.05) is 103 Å². The van der Waals surface area contributed by atoms with Crippen molar-refractivity contribution in [2.45, 2.75) is 247 Å². The molecular formula is C61H101N3O8. The Bertz CT molecular complexity index is 1940. The number of hydrogen-bond donors (Lipinski definition) is 2. The van der Waals surface area contributed by atoms with Gasteiger partial charge < -0.3 is 34.5 Å². The molecule has 3 amide bonds. The second kappa shape index (κ2) is 26.1. The van der Waals surface area contributed by atoms with Gasteiger partial charge in [0.05, 0.1) is 7.11 Å². The molecule has 0 radical (unpaired) electrons. The lowest BCUT2D eigenvalue weighted by Crippen LogP contribution is -2.51. The Balaban J connectivity index is 1.05. The molecule has 2 N–H and O–H groups in total. The predicted molar refractivity (Wildman–Crippen MR) is 290 cm³/mol. The lowest BCUT2D eigenvalue weighted by Gasteiger charge is -2.58. The van der Waals surface area contributed by atoms with Gasteiger partial charge in [0, 0.05) is 43.4 Å². The van der Waals surface area contributed by atoms with Gasteiger partial charge in [0.25, 0.3) is 0 Å². The van der Waals surface area contributed by atoms with E-state index in [2.05, 4.69) is 51.3 Å². The highest BCUT2D eigenvalue weighted by Crippen LogP contribution is 2.67. The van der Waals surface area contributed by atoms with Gasteiger partial charge in [0.2, 0.25) is 5.91 Å². The third kappa shape index (κ3) is 17.4. The molecule has 8 atom stereocenters. The molecule has 0 aliphatic heterocycles. The van der Waals surface area contributed by atoms with Gasteiger partial charge in [0.15, 0.2) is 0 Å². The van der Waals surface area contributed by atoms with Gasteiger partial charge in [-0.3, -0.25) is 9.59 Å². The average molecular weight is 1000 g/mol. The minimum Gasteiger partial charge on any atom is -0.497 e. The van der Waals surface area contributed by atoms with Crippen molar-refractivity contribution >= 4 is 24.1 Å². The molecule has 5 rings (SSSR count). The number of allylic oxidation sites excluding steroid dienone is 1. The first-order chi connectivity index (χ1) is 33.8. The van der Waals surface area contributed by atoms with E-state index < -0.39 is 28.9 Å². The second-order valence-electron chi connectivity index (χ2n) is 26.1. The summed E-state index contributed by atoms with van der Waals surface area (Å²) >= 11 is 0. The molecule has 0 heterocycles. The summed E-state index contributed by atoms with van der Waals surface area (Å²) in [7, 11) is 1.62. The Morgan fingerprint density at radius 1 is 0.736 bits per heavy atom. The van der Waals surface area contributed by atoms with Crippen LogP contribution in [0.3, 0.4) is 0 Å². The van der Waals surface area contributed by atoms with Crippen LogP contribution in [0.5, 0.6) is 5.75 Å². The molecule has 11 nitrogen and oxygen atoms in total. The largest absolute Gasteiger partial charge is 0.497 e. The first-order valence-corrected chi connectivity index (χ1v) is 28.6. The van der Waals surface area contributed by atoms with E-state index in [1.165, 1.54) is 56.9 Å². The lowest BCUT2D eigenvalue weighted by atomic mass is 9.47. The SMILES string of the molecule is COc1ccc(COC(=O)NC(C)(C)CCCCCCCN(CCC(C)(C)NC(=O)OC(C)(C)C)C(=O)CCCC(=O)O[C@H]2CC[C@@]3(C)C(=CC[C@H]4[C@@H]5CC[C@H]([C@H](C)CCCC(C)C)[C@@]5(C)CC[C@@H]43)C2)cc1. The molecule has 0 unspecified atom stereocenters. The second-order valence-corrected chi connectivity index (χ2v) is 26.1. The molecule has 0 spiro atoms. The number of carbonyl (C=O) groups is 4. The average Bonchev–Trinajstić information content (AvgIpc) is 3.65. The molecule has 0 aromatic heterocycles. The standard InChI is InChI=1S/C61H101N3O8/c1-43(2)21-19-22-44(3)50-31-32-51-49-30-27-46-41-48(33-36-60(46,11)52(49)34-37-61(50,51)12)71-54(66)24-20-23-53(65)64(40-38-59(9,10)63-56(68)72-57(4,5)6)39-18-16-14-15-17-35-58(7,8)62-55(67)70-42-45-25-28-47(69-13)29-26-45/h25-29,43-44,48-52H,14-24,30-42H2,1-13H3,(H,62,67)(H,63,68)/t44-,48+,49+,50-,51+,52+,60+,61-/m1/s1. The van der Waals surface area contributed by atoms with Crippen molar-refractivity contribution in [2.24, 2.45) is 46.3 Å². The number of esters is 1. The normalized spacial score (nSPS) is 25.5. The molecule has 11 heteroatoms. The van der Waals surface area contributed by atoms with Gasteiger partial charge in [0.1, 0.15) is 24.1 Å². The molecule has 72 heavy (non-hydrogen) atoms. The van der Waals surface area contributed by atoms with Crippen molar-refractivity contribution < 1.29 is 38.1 Å². The fraction of sp³-hybridized carbons (Fsp3) is 0.803. The van der Waals surface area contributed by atoms with E-state index in [-0.39, 0.29) is 42.8 Å². The van der Waals surface area contributed by atoms with Gasteiger partial charge in [-0.2, -0.15) is 0 Å². The summed E-state index contributed by atoms with van der Waals surface area (Å²) in [4.78, 5) is 54.4. The molecule has 1 aromatic carbocycles. The number of amides is 3. The molecule has 0 saturated heterocycles. The maximum absolute atomic E-state index is 13.9. The minimum atomic E-state index is -0.614. The van der Waals surface area contributed by atoms with Crippen LogP contribution in [0.2, 0.25) is 0 Å². The number of fused-ring (bicyclic) bond motifs is 5. The number of unbranched alkanes of at least 4 members (excludes halogenated alkanes) is 4. The van der Waals surface area contributed by atoms with E-state index in [4.69, 9.17) is 18.9 Å². The summed E-state index contributed by atoms with van der Waals surface area (Å²) in [6.07, 6.45) is 22.3.